The van der Waals surface area contributed by atoms with Gasteiger partial charge in [-0.15, -0.1) is 0 Å². The van der Waals surface area contributed by atoms with E-state index in [1.165, 1.54) is 38.5 Å². The topological polar surface area (TPSA) is 227 Å². The van der Waals surface area contributed by atoms with Crippen LogP contribution >= 0.6 is 7.82 Å². The predicted molar refractivity (Wildman–Crippen MR) is 235 cm³/mol. The number of carbonyl (C=O) groups excluding carboxylic acids is 3. The summed E-state index contributed by atoms with van der Waals surface area (Å²) in [4.78, 5) is 48.1. The van der Waals surface area contributed by atoms with Crippen LogP contribution in [-0.4, -0.2) is 105 Å². The lowest BCUT2D eigenvalue weighted by molar-refractivity contribution is -0.161. The minimum atomic E-state index is -4.74. The van der Waals surface area contributed by atoms with Crippen LogP contribution in [0.5, 0.6) is 0 Å². The molecule has 1 unspecified atom stereocenters. The van der Waals surface area contributed by atoms with Gasteiger partial charge in [0.1, 0.15) is 18.5 Å². The maximum absolute atomic E-state index is 12.9. The van der Waals surface area contributed by atoms with E-state index < -0.39 is 88.5 Å². The highest BCUT2D eigenvalue weighted by Gasteiger charge is 2.41. The normalized spacial score (nSPS) is 20.8. The van der Waals surface area contributed by atoms with E-state index in [0.29, 0.717) is 25.7 Å². The number of ether oxygens (including phenoxy) is 2. The Balaban J connectivity index is 2.52. The summed E-state index contributed by atoms with van der Waals surface area (Å²) in [6, 6.07) is 0. The molecule has 0 aromatic heterocycles. The smallest absolute Gasteiger partial charge is 0.462 e. The lowest BCUT2D eigenvalue weighted by Gasteiger charge is -2.21. The number of hydrogen-bond acceptors (Lipinski definition) is 13. The quantitative estimate of drug-likeness (QED) is 0.0151. The minimum absolute atomic E-state index is 0.0398. The molecule has 6 N–H and O–H groups in total. The van der Waals surface area contributed by atoms with Crippen molar-refractivity contribution in [2.24, 2.45) is 11.8 Å². The third kappa shape index (κ3) is 30.2. The molecule has 0 aliphatic heterocycles. The Hall–Kier alpha value is -2.52. The first kappa shape index (κ1) is 56.5. The Morgan fingerprint density at radius 2 is 1.30 bits per heavy atom. The Labute approximate surface area is 365 Å². The average molecular weight is 887 g/mol. The lowest BCUT2D eigenvalue weighted by Crippen LogP contribution is -2.29. The number of phosphoric acid groups is 1. The van der Waals surface area contributed by atoms with Crippen molar-refractivity contribution in [1.82, 2.24) is 0 Å². The van der Waals surface area contributed by atoms with Gasteiger partial charge in [-0.1, -0.05) is 114 Å². The van der Waals surface area contributed by atoms with Crippen LogP contribution in [0.25, 0.3) is 0 Å². The summed E-state index contributed by atoms with van der Waals surface area (Å²) in [6.07, 6.45) is 27.2. The van der Waals surface area contributed by atoms with Crippen LogP contribution in [0.2, 0.25) is 0 Å². The molecule has 0 saturated heterocycles. The van der Waals surface area contributed by atoms with Crippen LogP contribution in [0.1, 0.15) is 155 Å². The standard InChI is InChI=1S/C46H79O14P/c1-3-5-7-8-9-10-11-12-13-14-15-16-17-18-19-20-22-27-45(53)57-35-40(36-59-61(55,56)58-34-39(50)33-47)60-46(54)28-24-23-26-38(49)31-42-41(43(51)32-44(42)52)30-29-37(48)25-21-6-4-2/h12-13,15-16,18-19,29-30,37,39-44,47-48,50-52H,3-11,14,17,20-28,31-36H2,1-2H3,(H,55,56)/b13-12-,16-15-,19-18-,30-29+/t37-,39-,40+,41+,42+,43+,44-/m0/s1. The molecule has 0 bridgehead atoms. The summed E-state index contributed by atoms with van der Waals surface area (Å²) < 4.78 is 32.6. The number of ketones is 1. The second-order valence-corrected chi connectivity index (χ2v) is 17.5. The first-order valence-corrected chi connectivity index (χ1v) is 24.3. The summed E-state index contributed by atoms with van der Waals surface area (Å²) >= 11 is 0. The molecule has 352 valence electrons. The summed E-state index contributed by atoms with van der Waals surface area (Å²) in [5.74, 6) is -2.37. The van der Waals surface area contributed by atoms with Crippen LogP contribution in [0.3, 0.4) is 0 Å². The summed E-state index contributed by atoms with van der Waals surface area (Å²) in [5, 5.41) is 49.7. The number of Topliss-reactive ketones (excluding diaryl/α,β-unsaturated/α-hetero) is 1. The first-order valence-electron chi connectivity index (χ1n) is 22.8. The van der Waals surface area contributed by atoms with Gasteiger partial charge >= 0.3 is 19.8 Å². The van der Waals surface area contributed by atoms with Crippen molar-refractivity contribution in [3.63, 3.8) is 0 Å². The van der Waals surface area contributed by atoms with Crippen molar-refractivity contribution in [2.45, 2.75) is 186 Å². The van der Waals surface area contributed by atoms with Crippen molar-refractivity contribution in [3.05, 3.63) is 48.6 Å². The van der Waals surface area contributed by atoms with Gasteiger partial charge in [-0.2, -0.15) is 0 Å². The highest BCUT2D eigenvalue weighted by molar-refractivity contribution is 7.47. The maximum Gasteiger partial charge on any atom is 0.472 e. The summed E-state index contributed by atoms with van der Waals surface area (Å²) in [6.45, 7) is 1.77. The molecule has 1 fully saturated rings. The van der Waals surface area contributed by atoms with E-state index in [2.05, 4.69) is 42.7 Å². The largest absolute Gasteiger partial charge is 0.472 e. The summed E-state index contributed by atoms with van der Waals surface area (Å²) in [5.41, 5.74) is 0. The van der Waals surface area contributed by atoms with Crippen LogP contribution in [0.4, 0.5) is 0 Å². The number of rotatable bonds is 38. The molecular weight excluding hydrogens is 807 g/mol. The van der Waals surface area contributed by atoms with E-state index in [1.54, 1.807) is 12.2 Å². The second kappa shape index (κ2) is 35.9. The zero-order valence-corrected chi connectivity index (χ0v) is 37.8. The van der Waals surface area contributed by atoms with Crippen molar-refractivity contribution in [2.75, 3.05) is 26.4 Å². The van der Waals surface area contributed by atoms with Gasteiger partial charge < -0.3 is 39.9 Å². The minimum Gasteiger partial charge on any atom is -0.462 e. The predicted octanol–water partition coefficient (Wildman–Crippen LogP) is 7.67. The lowest BCUT2D eigenvalue weighted by atomic mass is 9.87. The van der Waals surface area contributed by atoms with E-state index in [4.69, 9.17) is 19.1 Å². The molecule has 0 amide bonds. The fourth-order valence-corrected chi connectivity index (χ4v) is 7.62. The zero-order chi connectivity index (χ0) is 45.1. The van der Waals surface area contributed by atoms with Crippen molar-refractivity contribution in [1.29, 1.82) is 0 Å². The van der Waals surface area contributed by atoms with E-state index >= 15 is 0 Å². The highest BCUT2D eigenvalue weighted by Crippen LogP contribution is 2.43. The van der Waals surface area contributed by atoms with Crippen LogP contribution in [0, 0.1) is 11.8 Å². The van der Waals surface area contributed by atoms with Gasteiger partial charge in [-0.25, -0.2) is 4.57 Å². The van der Waals surface area contributed by atoms with Gasteiger partial charge in [-0.3, -0.25) is 23.4 Å². The monoisotopic (exact) mass is 887 g/mol. The molecule has 1 rings (SSSR count). The van der Waals surface area contributed by atoms with Gasteiger partial charge in [0.2, 0.25) is 0 Å². The number of hydrogen-bond donors (Lipinski definition) is 6. The maximum atomic E-state index is 12.9. The van der Waals surface area contributed by atoms with E-state index in [1.807, 2.05) is 12.2 Å². The molecule has 0 aromatic carbocycles. The molecule has 1 aliphatic carbocycles. The highest BCUT2D eigenvalue weighted by atomic mass is 31.2. The van der Waals surface area contributed by atoms with Crippen LogP contribution < -0.4 is 0 Å². The van der Waals surface area contributed by atoms with Gasteiger partial charge in [0.15, 0.2) is 6.10 Å². The second-order valence-electron chi connectivity index (χ2n) is 16.0. The van der Waals surface area contributed by atoms with Crippen molar-refractivity contribution in [3.8, 4) is 0 Å². The number of phosphoric ester groups is 1. The number of aliphatic hydroxyl groups excluding tert-OH is 5. The Morgan fingerprint density at radius 1 is 0.705 bits per heavy atom. The van der Waals surface area contributed by atoms with Gasteiger partial charge in [-0.05, 0) is 57.8 Å². The number of allylic oxidation sites excluding steroid dienone is 6. The van der Waals surface area contributed by atoms with Crippen molar-refractivity contribution >= 4 is 25.5 Å². The molecular formula is C46H79O14P. The number of carbonyl (C=O) groups is 3. The molecule has 8 atom stereocenters. The van der Waals surface area contributed by atoms with E-state index in [9.17, 15) is 44.3 Å². The Kier molecular flexibility index (Phi) is 33.2. The van der Waals surface area contributed by atoms with Gasteiger partial charge in [0.25, 0.3) is 0 Å². The average Bonchev–Trinajstić information content (AvgIpc) is 3.49. The van der Waals surface area contributed by atoms with E-state index in [0.717, 1.165) is 38.5 Å². The molecule has 0 radical (unpaired) electrons. The first-order chi connectivity index (χ1) is 29.3. The van der Waals surface area contributed by atoms with Crippen LogP contribution in [0.15, 0.2) is 48.6 Å². The molecule has 0 spiro atoms. The molecule has 14 nitrogen and oxygen atoms in total. The van der Waals surface area contributed by atoms with Crippen molar-refractivity contribution < 1.29 is 67.9 Å². The molecule has 0 heterocycles. The SMILES string of the molecule is CCCCCCCC/C=C\C/C=C\C/C=C\CCCC(=O)OC[C@H](COP(=O)(O)OC[C@@H](O)CO)OC(=O)CCCCC(=O)C[C@@H]1[C@@H](/C=C/[C@@H](O)CCCCC)[C@H](O)C[C@@H]1O. The third-order valence-corrected chi connectivity index (χ3v) is 11.4. The fraction of sp³-hybridized carbons (Fsp3) is 0.761. The molecule has 1 aliphatic rings. The molecule has 0 aromatic rings. The molecule has 1 saturated carbocycles. The Bertz CT molecular complexity index is 1330. The van der Waals surface area contributed by atoms with Gasteiger partial charge in [0.05, 0.1) is 38.1 Å². The summed E-state index contributed by atoms with van der Waals surface area (Å²) in [7, 11) is -4.74. The third-order valence-electron chi connectivity index (χ3n) is 10.4. The van der Waals surface area contributed by atoms with Gasteiger partial charge in [0, 0.05) is 43.9 Å². The number of unbranched alkanes of at least 4 members (excludes halogenated alkanes) is 10. The zero-order valence-electron chi connectivity index (χ0n) is 36.9. The van der Waals surface area contributed by atoms with Crippen LogP contribution in [-0.2, 0) is 37.5 Å². The molecule has 61 heavy (non-hydrogen) atoms. The number of aliphatic hydroxyl groups is 5. The Morgan fingerprint density at radius 3 is 1.98 bits per heavy atom. The molecule has 15 heteroatoms. The fourth-order valence-electron chi connectivity index (χ4n) is 6.83. The van der Waals surface area contributed by atoms with E-state index in [-0.39, 0.29) is 44.3 Å². The number of esters is 2.